The van der Waals surface area contributed by atoms with Gasteiger partial charge >= 0.3 is 6.18 Å². The third kappa shape index (κ3) is 6.17. The smallest absolute Gasteiger partial charge is 0.419 e. The van der Waals surface area contributed by atoms with E-state index in [0.29, 0.717) is 24.8 Å². The van der Waals surface area contributed by atoms with Gasteiger partial charge in [-0.1, -0.05) is 6.42 Å². The molecule has 2 fully saturated rings. The zero-order valence-corrected chi connectivity index (χ0v) is 20.7. The molecule has 1 amide bonds. The standard InChI is InChI=1S/C25H25F4N5O2S/c26-20-14-18(36-12-11-32-8-2-1-3-9-32)6-7-22(20)33-10-4-5-23(35)34(24(33)37)17-13-19(25(27,28)29)21(15-30)31-16-17/h6-7,13-14,16H,1-5,8-12H2. The number of likely N-dealkylation sites (tertiary alicyclic amines) is 1. The molecule has 37 heavy (non-hydrogen) atoms. The number of anilines is 2. The highest BCUT2D eigenvalue weighted by molar-refractivity contribution is 7.81. The Kier molecular flexibility index (Phi) is 8.24. The summed E-state index contributed by atoms with van der Waals surface area (Å²) in [7, 11) is 0. The summed E-state index contributed by atoms with van der Waals surface area (Å²) in [5.74, 6) is -0.843. The van der Waals surface area contributed by atoms with Crippen molar-refractivity contribution in [1.82, 2.24) is 9.88 Å². The molecule has 0 saturated carbocycles. The molecule has 196 valence electrons. The fraction of sp³-hybridized carbons (Fsp3) is 0.440. The lowest BCUT2D eigenvalue weighted by molar-refractivity contribution is -0.138. The number of benzene rings is 1. The second kappa shape index (κ2) is 11.4. The molecule has 2 aromatic rings. The van der Waals surface area contributed by atoms with Crippen LogP contribution in [0.1, 0.15) is 43.4 Å². The second-order valence-corrected chi connectivity index (χ2v) is 9.20. The normalized spacial score (nSPS) is 17.5. The first-order chi connectivity index (χ1) is 17.7. The number of nitriles is 1. The molecule has 2 aliphatic rings. The van der Waals surface area contributed by atoms with Gasteiger partial charge in [-0.25, -0.2) is 9.37 Å². The Hall–Kier alpha value is -3.30. The highest BCUT2D eigenvalue weighted by Gasteiger charge is 2.37. The van der Waals surface area contributed by atoms with Crippen molar-refractivity contribution >= 4 is 34.6 Å². The van der Waals surface area contributed by atoms with E-state index in [0.717, 1.165) is 43.6 Å². The molecular weight excluding hydrogens is 510 g/mol. The number of pyridine rings is 1. The van der Waals surface area contributed by atoms with Gasteiger partial charge in [0.2, 0.25) is 5.91 Å². The molecular formula is C25H25F4N5O2S. The Morgan fingerprint density at radius 2 is 1.86 bits per heavy atom. The largest absolute Gasteiger partial charge is 0.492 e. The minimum Gasteiger partial charge on any atom is -0.492 e. The van der Waals surface area contributed by atoms with Gasteiger partial charge in [0, 0.05) is 25.6 Å². The van der Waals surface area contributed by atoms with Gasteiger partial charge in [0.1, 0.15) is 18.4 Å². The number of carbonyl (C=O) groups is 1. The first-order valence-electron chi connectivity index (χ1n) is 12.0. The van der Waals surface area contributed by atoms with Crippen molar-refractivity contribution < 1.29 is 27.1 Å². The van der Waals surface area contributed by atoms with Crippen LogP contribution in [0.15, 0.2) is 30.5 Å². The van der Waals surface area contributed by atoms with E-state index in [2.05, 4.69) is 9.88 Å². The van der Waals surface area contributed by atoms with Gasteiger partial charge in [0.25, 0.3) is 0 Å². The Bertz CT molecular complexity index is 1210. The van der Waals surface area contributed by atoms with Crippen LogP contribution in [-0.2, 0) is 11.0 Å². The van der Waals surface area contributed by atoms with Gasteiger partial charge in [-0.15, -0.1) is 0 Å². The third-order valence-corrected chi connectivity index (χ3v) is 6.72. The summed E-state index contributed by atoms with van der Waals surface area (Å²) in [5.41, 5.74) is -2.27. The molecule has 12 heteroatoms. The molecule has 3 heterocycles. The molecule has 0 spiro atoms. The van der Waals surface area contributed by atoms with Crippen LogP contribution in [0.3, 0.4) is 0 Å². The van der Waals surface area contributed by atoms with Crippen molar-refractivity contribution in [2.24, 2.45) is 0 Å². The van der Waals surface area contributed by atoms with Crippen LogP contribution in [-0.4, -0.2) is 53.7 Å². The molecule has 2 aliphatic heterocycles. The van der Waals surface area contributed by atoms with Crippen LogP contribution in [0, 0.1) is 17.1 Å². The quantitative estimate of drug-likeness (QED) is 0.385. The van der Waals surface area contributed by atoms with Gasteiger partial charge < -0.3 is 9.64 Å². The van der Waals surface area contributed by atoms with Crippen LogP contribution in [0.5, 0.6) is 5.75 Å². The topological polar surface area (TPSA) is 72.7 Å². The zero-order valence-electron chi connectivity index (χ0n) is 19.9. The van der Waals surface area contributed by atoms with Crippen LogP contribution in [0.4, 0.5) is 28.9 Å². The van der Waals surface area contributed by atoms with Gasteiger partial charge in [0.05, 0.1) is 23.1 Å². The first-order valence-corrected chi connectivity index (χ1v) is 12.4. The highest BCUT2D eigenvalue weighted by atomic mass is 32.1. The number of piperidine rings is 1. The Labute approximate surface area is 217 Å². The minimum absolute atomic E-state index is 0.0166. The van der Waals surface area contributed by atoms with Crippen molar-refractivity contribution in [3.8, 4) is 11.8 Å². The number of amides is 1. The summed E-state index contributed by atoms with van der Waals surface area (Å²) in [4.78, 5) is 21.0. The molecule has 1 aromatic heterocycles. The summed E-state index contributed by atoms with van der Waals surface area (Å²) >= 11 is 5.46. The number of ether oxygens (including phenoxy) is 1. The maximum absolute atomic E-state index is 15.2. The Morgan fingerprint density at radius 3 is 2.54 bits per heavy atom. The van der Waals surface area contributed by atoms with Crippen molar-refractivity contribution in [3.05, 3.63) is 47.5 Å². The number of aromatic nitrogens is 1. The number of nitrogens with zero attached hydrogens (tertiary/aromatic N) is 5. The van der Waals surface area contributed by atoms with E-state index in [1.807, 2.05) is 0 Å². The fourth-order valence-electron chi connectivity index (χ4n) is 4.45. The number of thiocarbonyl (C=S) groups is 1. The summed E-state index contributed by atoms with van der Waals surface area (Å²) < 4.78 is 61.3. The van der Waals surface area contributed by atoms with E-state index < -0.39 is 29.2 Å². The Morgan fingerprint density at radius 1 is 1.11 bits per heavy atom. The number of alkyl halides is 3. The number of hydrogen-bond acceptors (Lipinski definition) is 6. The van der Waals surface area contributed by atoms with Crippen LogP contribution in [0.25, 0.3) is 0 Å². The number of hydrogen-bond donors (Lipinski definition) is 0. The third-order valence-electron chi connectivity index (χ3n) is 6.32. The SMILES string of the molecule is N#Cc1ncc(N2C(=O)CCCN(c3ccc(OCCN4CCCCC4)cc3F)C2=S)cc1C(F)(F)F. The maximum Gasteiger partial charge on any atom is 0.419 e. The molecule has 0 aliphatic carbocycles. The lowest BCUT2D eigenvalue weighted by Gasteiger charge is -2.30. The highest BCUT2D eigenvalue weighted by Crippen LogP contribution is 2.35. The second-order valence-electron chi connectivity index (χ2n) is 8.83. The number of carbonyl (C=O) groups excluding carboxylic acids is 1. The van der Waals surface area contributed by atoms with Gasteiger partial charge in [-0.3, -0.25) is 14.6 Å². The van der Waals surface area contributed by atoms with Gasteiger partial charge in [0.15, 0.2) is 16.6 Å². The predicted molar refractivity (Wildman–Crippen MR) is 133 cm³/mol. The molecule has 4 rings (SSSR count). The number of halogens is 4. The summed E-state index contributed by atoms with van der Waals surface area (Å²) in [6.07, 6.45) is -0.0344. The van der Waals surface area contributed by atoms with E-state index in [9.17, 15) is 18.0 Å². The first kappa shape index (κ1) is 26.8. The van der Waals surface area contributed by atoms with Crippen molar-refractivity contribution in [1.29, 1.82) is 5.26 Å². The summed E-state index contributed by atoms with van der Waals surface area (Å²) in [6, 6.07) is 6.37. The molecule has 0 bridgehead atoms. The lowest BCUT2D eigenvalue weighted by atomic mass is 10.1. The van der Waals surface area contributed by atoms with Crippen molar-refractivity contribution in [3.63, 3.8) is 0 Å². The van der Waals surface area contributed by atoms with Crippen molar-refractivity contribution in [2.45, 2.75) is 38.3 Å². The molecule has 7 nitrogen and oxygen atoms in total. The number of rotatable bonds is 6. The minimum atomic E-state index is -4.86. The summed E-state index contributed by atoms with van der Waals surface area (Å²) in [6.45, 7) is 3.39. The van der Waals surface area contributed by atoms with E-state index in [4.69, 9.17) is 22.2 Å². The average Bonchev–Trinajstić information content (AvgIpc) is 3.01. The molecule has 1 aromatic carbocycles. The monoisotopic (exact) mass is 535 g/mol. The molecule has 0 unspecified atom stereocenters. The average molecular weight is 536 g/mol. The van der Waals surface area contributed by atoms with Gasteiger partial charge in [-0.2, -0.15) is 18.4 Å². The maximum atomic E-state index is 15.2. The van der Waals surface area contributed by atoms with E-state index in [-0.39, 0.29) is 29.5 Å². The van der Waals surface area contributed by atoms with Crippen LogP contribution in [0.2, 0.25) is 0 Å². The molecule has 0 atom stereocenters. The Balaban J connectivity index is 1.54. The van der Waals surface area contributed by atoms with Gasteiger partial charge in [-0.05, 0) is 62.8 Å². The molecule has 0 radical (unpaired) electrons. The van der Waals surface area contributed by atoms with Crippen LogP contribution < -0.4 is 14.5 Å². The summed E-state index contributed by atoms with van der Waals surface area (Å²) in [5, 5.41) is 8.83. The predicted octanol–water partition coefficient (Wildman–Crippen LogP) is 4.89. The van der Waals surface area contributed by atoms with Crippen molar-refractivity contribution in [2.75, 3.05) is 42.6 Å². The lowest BCUT2D eigenvalue weighted by Crippen LogP contribution is -2.44. The molecule has 2 saturated heterocycles. The van der Waals surface area contributed by atoms with E-state index in [1.165, 1.54) is 29.5 Å². The fourth-order valence-corrected chi connectivity index (χ4v) is 4.85. The zero-order chi connectivity index (χ0) is 26.6. The van der Waals surface area contributed by atoms with E-state index in [1.54, 1.807) is 6.07 Å². The van der Waals surface area contributed by atoms with E-state index >= 15 is 4.39 Å². The molecule has 0 N–H and O–H groups in total. The van der Waals surface area contributed by atoms with Crippen LogP contribution >= 0.6 is 12.2 Å².